The Hall–Kier alpha value is -2.24. The molecule has 0 aromatic carbocycles. The van der Waals surface area contributed by atoms with Gasteiger partial charge in [0.1, 0.15) is 12.7 Å². The Morgan fingerprint density at radius 2 is 1.88 bits per heavy atom. The van der Waals surface area contributed by atoms with E-state index >= 15 is 0 Å². The number of rotatable bonds is 3. The van der Waals surface area contributed by atoms with Crippen molar-refractivity contribution in [2.24, 2.45) is 17.3 Å². The van der Waals surface area contributed by atoms with Gasteiger partial charge in [0.25, 0.3) is 0 Å². The quantitative estimate of drug-likeness (QED) is 0.942. The molecule has 0 spiro atoms. The van der Waals surface area contributed by atoms with Crippen LogP contribution in [-0.4, -0.2) is 25.7 Å². The van der Waals surface area contributed by atoms with Gasteiger partial charge in [0.15, 0.2) is 0 Å². The Kier molecular flexibility index (Phi) is 2.87. The minimum absolute atomic E-state index is 0.0177. The van der Waals surface area contributed by atoms with Gasteiger partial charge in [-0.15, -0.1) is 0 Å². The van der Waals surface area contributed by atoms with Gasteiger partial charge < -0.3 is 5.32 Å². The van der Waals surface area contributed by atoms with Gasteiger partial charge in [0.2, 0.25) is 5.91 Å². The first-order chi connectivity index (χ1) is 11.7. The first-order valence-corrected chi connectivity index (χ1v) is 8.74. The van der Waals surface area contributed by atoms with Crippen LogP contribution in [0.2, 0.25) is 0 Å². The molecule has 6 rings (SSSR count). The van der Waals surface area contributed by atoms with Crippen molar-refractivity contribution in [3.63, 3.8) is 0 Å². The lowest BCUT2D eigenvalue weighted by Crippen LogP contribution is -2.60. The Morgan fingerprint density at radius 3 is 2.54 bits per heavy atom. The van der Waals surface area contributed by atoms with Crippen LogP contribution >= 0.6 is 0 Å². The molecule has 124 valence electrons. The third-order valence-corrected chi connectivity index (χ3v) is 6.35. The van der Waals surface area contributed by atoms with Gasteiger partial charge in [-0.3, -0.25) is 9.78 Å². The van der Waals surface area contributed by atoms with E-state index < -0.39 is 0 Å². The van der Waals surface area contributed by atoms with Crippen molar-refractivity contribution >= 4 is 11.6 Å². The summed E-state index contributed by atoms with van der Waals surface area (Å²) < 4.78 is 2.04. The number of nitrogens with one attached hydrogen (secondary N) is 1. The predicted octanol–water partition coefficient (Wildman–Crippen LogP) is 2.61. The van der Waals surface area contributed by atoms with E-state index in [1.165, 1.54) is 6.42 Å². The highest BCUT2D eigenvalue weighted by atomic mass is 16.2. The molecule has 6 heteroatoms. The summed E-state index contributed by atoms with van der Waals surface area (Å²) in [7, 11) is 0. The monoisotopic (exact) mass is 323 g/mol. The fraction of sp³-hybridized carbons (Fsp3) is 0.556. The Balaban J connectivity index is 1.48. The fourth-order valence-electron chi connectivity index (χ4n) is 5.90. The first-order valence-electron chi connectivity index (χ1n) is 8.74. The molecule has 1 amide bonds. The number of hydrogen-bond donors (Lipinski definition) is 1. The van der Waals surface area contributed by atoms with E-state index in [1.807, 2.05) is 23.1 Å². The molecule has 1 N–H and O–H groups in total. The third-order valence-electron chi connectivity index (χ3n) is 6.35. The summed E-state index contributed by atoms with van der Waals surface area (Å²) in [5.41, 5.74) is 0.552. The molecule has 2 atom stereocenters. The molecular formula is C18H21N5O. The van der Waals surface area contributed by atoms with Gasteiger partial charge in [0.05, 0.1) is 11.0 Å². The SMILES string of the molecule is O=C(Nc1ccncc1)C12C[C@@H]3C[C@@H](C1)CC(n1cncn1)(C3)C2. The van der Waals surface area contributed by atoms with Crippen LogP contribution in [0.4, 0.5) is 5.69 Å². The van der Waals surface area contributed by atoms with Crippen LogP contribution in [0.5, 0.6) is 0 Å². The molecule has 24 heavy (non-hydrogen) atoms. The molecule has 4 fully saturated rings. The zero-order valence-electron chi connectivity index (χ0n) is 13.6. The maximum Gasteiger partial charge on any atom is 0.230 e. The maximum absolute atomic E-state index is 13.2. The predicted molar refractivity (Wildman–Crippen MR) is 88.0 cm³/mol. The largest absolute Gasteiger partial charge is 0.325 e. The number of nitrogens with zero attached hydrogens (tertiary/aromatic N) is 4. The minimum Gasteiger partial charge on any atom is -0.325 e. The van der Waals surface area contributed by atoms with Crippen molar-refractivity contribution in [1.29, 1.82) is 0 Å². The molecule has 2 heterocycles. The van der Waals surface area contributed by atoms with Crippen LogP contribution in [-0.2, 0) is 10.3 Å². The maximum atomic E-state index is 13.2. The molecule has 0 radical (unpaired) electrons. The van der Waals surface area contributed by atoms with Crippen LogP contribution < -0.4 is 5.32 Å². The van der Waals surface area contributed by atoms with Crippen LogP contribution in [0, 0.1) is 17.3 Å². The number of amides is 1. The average molecular weight is 323 g/mol. The molecule has 2 aromatic rings. The molecule has 0 aliphatic heterocycles. The number of pyridine rings is 1. The number of aromatic nitrogens is 4. The van der Waals surface area contributed by atoms with Gasteiger partial charge in [-0.25, -0.2) is 9.67 Å². The summed E-state index contributed by atoms with van der Waals surface area (Å²) >= 11 is 0. The smallest absolute Gasteiger partial charge is 0.230 e. The lowest BCUT2D eigenvalue weighted by atomic mass is 9.46. The highest BCUT2D eigenvalue weighted by Crippen LogP contribution is 2.64. The van der Waals surface area contributed by atoms with E-state index in [0.717, 1.165) is 37.8 Å². The van der Waals surface area contributed by atoms with Crippen LogP contribution in [0.3, 0.4) is 0 Å². The fourth-order valence-corrected chi connectivity index (χ4v) is 5.90. The van der Waals surface area contributed by atoms with Gasteiger partial charge in [0, 0.05) is 18.1 Å². The molecule has 0 saturated heterocycles. The van der Waals surface area contributed by atoms with Gasteiger partial charge >= 0.3 is 0 Å². The summed E-state index contributed by atoms with van der Waals surface area (Å²) in [6.45, 7) is 0. The summed E-state index contributed by atoms with van der Waals surface area (Å²) in [5, 5.41) is 7.58. The number of anilines is 1. The van der Waals surface area contributed by atoms with Crippen LogP contribution in [0.1, 0.15) is 38.5 Å². The number of carbonyl (C=O) groups is 1. The normalized spacial score (nSPS) is 36.7. The average Bonchev–Trinajstić information content (AvgIpc) is 3.10. The van der Waals surface area contributed by atoms with E-state index in [-0.39, 0.29) is 16.9 Å². The lowest BCUT2D eigenvalue weighted by molar-refractivity contribution is -0.150. The Morgan fingerprint density at radius 1 is 1.12 bits per heavy atom. The zero-order valence-corrected chi connectivity index (χ0v) is 13.6. The Bertz CT molecular complexity index is 743. The van der Waals surface area contributed by atoms with E-state index in [2.05, 4.69) is 20.4 Å². The molecular weight excluding hydrogens is 302 g/mol. The molecule has 4 aliphatic rings. The second-order valence-corrected chi connectivity index (χ2v) is 8.00. The second kappa shape index (κ2) is 4.88. The topological polar surface area (TPSA) is 72.7 Å². The molecule has 6 nitrogen and oxygen atoms in total. The second-order valence-electron chi connectivity index (χ2n) is 8.00. The summed E-state index contributed by atoms with van der Waals surface area (Å²) in [4.78, 5) is 21.4. The van der Waals surface area contributed by atoms with E-state index in [0.29, 0.717) is 11.8 Å². The van der Waals surface area contributed by atoms with Crippen molar-refractivity contribution in [2.75, 3.05) is 5.32 Å². The van der Waals surface area contributed by atoms with Crippen LogP contribution in [0.15, 0.2) is 37.2 Å². The van der Waals surface area contributed by atoms with Gasteiger partial charge in [-0.1, -0.05) is 0 Å². The van der Waals surface area contributed by atoms with Crippen molar-refractivity contribution in [2.45, 2.75) is 44.1 Å². The molecule has 4 aliphatic carbocycles. The zero-order chi connectivity index (χ0) is 16.2. The van der Waals surface area contributed by atoms with E-state index in [1.54, 1.807) is 18.7 Å². The highest BCUT2D eigenvalue weighted by molar-refractivity contribution is 5.95. The molecule has 4 bridgehead atoms. The van der Waals surface area contributed by atoms with Crippen LogP contribution in [0.25, 0.3) is 0 Å². The number of hydrogen-bond acceptors (Lipinski definition) is 4. The third kappa shape index (κ3) is 2.01. The highest BCUT2D eigenvalue weighted by Gasteiger charge is 2.61. The minimum atomic E-state index is -0.265. The van der Waals surface area contributed by atoms with Crippen molar-refractivity contribution in [3.8, 4) is 0 Å². The Labute approximate surface area is 140 Å². The van der Waals surface area contributed by atoms with E-state index in [4.69, 9.17) is 0 Å². The van der Waals surface area contributed by atoms with E-state index in [9.17, 15) is 4.79 Å². The molecule has 2 aromatic heterocycles. The summed E-state index contributed by atoms with van der Waals surface area (Å²) in [6, 6.07) is 3.71. The molecule has 0 unspecified atom stereocenters. The first kappa shape index (κ1) is 14.1. The standard InChI is InChI=1S/C18H21N5O/c24-16(22-15-1-3-19-4-2-15)17-6-13-5-14(7-17)9-18(8-13,10-17)23-12-20-11-21-23/h1-4,11-14H,5-10H2,(H,19,22,24)/t13-,14-,17?,18?/m0/s1. The molecule has 4 saturated carbocycles. The summed E-state index contributed by atoms with van der Waals surface area (Å²) in [6.07, 6.45) is 13.3. The summed E-state index contributed by atoms with van der Waals surface area (Å²) in [5.74, 6) is 1.42. The van der Waals surface area contributed by atoms with Crippen molar-refractivity contribution in [3.05, 3.63) is 37.2 Å². The lowest BCUT2D eigenvalue weighted by Gasteiger charge is -2.60. The van der Waals surface area contributed by atoms with Crippen molar-refractivity contribution < 1.29 is 4.79 Å². The van der Waals surface area contributed by atoms with Gasteiger partial charge in [-0.05, 0) is 62.5 Å². The number of carbonyl (C=O) groups excluding carboxylic acids is 1. The van der Waals surface area contributed by atoms with Gasteiger partial charge in [-0.2, -0.15) is 5.10 Å². The van der Waals surface area contributed by atoms with Crippen molar-refractivity contribution in [1.82, 2.24) is 19.7 Å².